The van der Waals surface area contributed by atoms with E-state index in [1.54, 1.807) is 17.6 Å². The van der Waals surface area contributed by atoms with E-state index in [2.05, 4.69) is 10.3 Å². The monoisotopic (exact) mass is 285 g/mol. The summed E-state index contributed by atoms with van der Waals surface area (Å²) in [7, 11) is 0. The van der Waals surface area contributed by atoms with Crippen molar-refractivity contribution in [1.29, 1.82) is 5.26 Å². The van der Waals surface area contributed by atoms with Crippen LogP contribution in [0, 0.1) is 11.3 Å². The van der Waals surface area contributed by atoms with Crippen LogP contribution in [0.3, 0.4) is 0 Å². The first-order valence-corrected chi connectivity index (χ1v) is 6.91. The minimum Gasteiger partial charge on any atom is -0.467 e. The number of hydrogen-bond donors (Lipinski definition) is 1. The second-order valence-electron chi connectivity index (χ2n) is 4.09. The first-order valence-electron chi connectivity index (χ1n) is 6.03. The van der Waals surface area contributed by atoms with E-state index in [1.807, 2.05) is 35.7 Å². The van der Waals surface area contributed by atoms with E-state index in [-0.39, 0.29) is 5.69 Å². The topological polar surface area (TPSA) is 75.0 Å². The summed E-state index contributed by atoms with van der Waals surface area (Å²) in [4.78, 5) is 5.34. The first-order chi connectivity index (χ1) is 9.85. The Labute approximate surface area is 119 Å². The molecule has 100 valence electrons. The van der Waals surface area contributed by atoms with E-state index in [4.69, 9.17) is 14.1 Å². The van der Waals surface area contributed by atoms with Gasteiger partial charge in [0, 0.05) is 4.88 Å². The van der Waals surface area contributed by atoms with Gasteiger partial charge in [0.2, 0.25) is 17.5 Å². The van der Waals surface area contributed by atoms with Gasteiger partial charge in [0.05, 0.1) is 19.2 Å². The third-order valence-corrected chi connectivity index (χ3v) is 3.56. The normalized spacial score (nSPS) is 10.3. The molecule has 3 aromatic rings. The molecule has 0 atom stereocenters. The minimum atomic E-state index is 0.267. The molecular formula is C14H11N3O2S. The second kappa shape index (κ2) is 5.63. The second-order valence-corrected chi connectivity index (χ2v) is 5.12. The van der Waals surface area contributed by atoms with Crippen molar-refractivity contribution in [2.75, 3.05) is 5.32 Å². The molecule has 0 aliphatic heterocycles. The molecule has 0 spiro atoms. The Morgan fingerprint density at radius 2 is 2.30 bits per heavy atom. The van der Waals surface area contributed by atoms with Crippen molar-refractivity contribution in [2.45, 2.75) is 13.0 Å². The summed E-state index contributed by atoms with van der Waals surface area (Å²) < 4.78 is 10.8. The van der Waals surface area contributed by atoms with Gasteiger partial charge in [-0.05, 0) is 23.6 Å². The summed E-state index contributed by atoms with van der Waals surface area (Å²) in [6, 6.07) is 9.68. The minimum absolute atomic E-state index is 0.267. The lowest BCUT2D eigenvalue weighted by molar-refractivity contribution is 0.499. The number of furan rings is 1. The van der Waals surface area contributed by atoms with Gasteiger partial charge in [0.25, 0.3) is 0 Å². The maximum absolute atomic E-state index is 9.08. The number of rotatable bonds is 5. The number of anilines is 1. The van der Waals surface area contributed by atoms with E-state index in [0.29, 0.717) is 24.7 Å². The molecule has 20 heavy (non-hydrogen) atoms. The van der Waals surface area contributed by atoms with Crippen LogP contribution < -0.4 is 5.32 Å². The van der Waals surface area contributed by atoms with Gasteiger partial charge < -0.3 is 14.2 Å². The SMILES string of the molecule is N#Cc1nc(Cc2cccs2)oc1NCc1ccco1. The van der Waals surface area contributed by atoms with Crippen molar-refractivity contribution in [3.05, 3.63) is 58.1 Å². The molecule has 0 radical (unpaired) electrons. The highest BCUT2D eigenvalue weighted by Crippen LogP contribution is 2.21. The van der Waals surface area contributed by atoms with E-state index >= 15 is 0 Å². The number of hydrogen-bond acceptors (Lipinski definition) is 6. The van der Waals surface area contributed by atoms with Crippen LogP contribution in [0.25, 0.3) is 0 Å². The zero-order valence-electron chi connectivity index (χ0n) is 10.5. The molecule has 0 unspecified atom stereocenters. The fourth-order valence-corrected chi connectivity index (χ4v) is 2.47. The summed E-state index contributed by atoms with van der Waals surface area (Å²) >= 11 is 1.63. The smallest absolute Gasteiger partial charge is 0.232 e. The molecule has 0 amide bonds. The highest BCUT2D eigenvalue weighted by atomic mass is 32.1. The average Bonchev–Trinajstić information content (AvgIpc) is 3.18. The highest BCUT2D eigenvalue weighted by Gasteiger charge is 2.13. The van der Waals surface area contributed by atoms with Crippen LogP contribution in [0.5, 0.6) is 0 Å². The maximum atomic E-state index is 9.08. The van der Waals surface area contributed by atoms with Crippen molar-refractivity contribution in [1.82, 2.24) is 4.98 Å². The van der Waals surface area contributed by atoms with Gasteiger partial charge in [-0.1, -0.05) is 6.07 Å². The van der Waals surface area contributed by atoms with E-state index in [1.165, 1.54) is 0 Å². The van der Waals surface area contributed by atoms with Crippen LogP contribution in [0.1, 0.15) is 22.2 Å². The van der Waals surface area contributed by atoms with Crippen LogP contribution in [-0.4, -0.2) is 4.98 Å². The molecule has 3 aromatic heterocycles. The Bertz CT molecular complexity index is 708. The fourth-order valence-electron chi connectivity index (χ4n) is 1.78. The lowest BCUT2D eigenvalue weighted by Gasteiger charge is -1.99. The molecule has 3 heterocycles. The van der Waals surface area contributed by atoms with Gasteiger partial charge in [-0.3, -0.25) is 0 Å². The Hall–Kier alpha value is -2.52. The molecule has 5 nitrogen and oxygen atoms in total. The number of aromatic nitrogens is 1. The predicted molar refractivity (Wildman–Crippen MR) is 74.4 cm³/mol. The number of nitrogens with one attached hydrogen (secondary N) is 1. The summed E-state index contributed by atoms with van der Waals surface area (Å²) in [6.45, 7) is 0.454. The van der Waals surface area contributed by atoms with Crippen molar-refractivity contribution >= 4 is 17.2 Å². The van der Waals surface area contributed by atoms with Gasteiger partial charge >= 0.3 is 0 Å². The summed E-state index contributed by atoms with van der Waals surface area (Å²) in [5, 5.41) is 14.1. The number of thiophene rings is 1. The molecule has 1 N–H and O–H groups in total. The van der Waals surface area contributed by atoms with Crippen LogP contribution in [-0.2, 0) is 13.0 Å². The van der Waals surface area contributed by atoms with Crippen molar-refractivity contribution in [3.8, 4) is 6.07 Å². The van der Waals surface area contributed by atoms with Gasteiger partial charge in [-0.25, -0.2) is 4.98 Å². The Kier molecular flexibility index (Phi) is 3.52. The molecule has 3 rings (SSSR count). The van der Waals surface area contributed by atoms with E-state index in [9.17, 15) is 0 Å². The molecule has 6 heteroatoms. The zero-order valence-corrected chi connectivity index (χ0v) is 11.3. The Morgan fingerprint density at radius 1 is 1.35 bits per heavy atom. The lowest BCUT2D eigenvalue weighted by Crippen LogP contribution is -1.98. The molecule has 0 fully saturated rings. The summed E-state index contributed by atoms with van der Waals surface area (Å²) in [5.41, 5.74) is 0.267. The highest BCUT2D eigenvalue weighted by molar-refractivity contribution is 7.09. The Morgan fingerprint density at radius 3 is 3.00 bits per heavy atom. The van der Waals surface area contributed by atoms with E-state index < -0.39 is 0 Å². The van der Waals surface area contributed by atoms with Crippen molar-refractivity contribution < 1.29 is 8.83 Å². The lowest BCUT2D eigenvalue weighted by atomic mass is 10.3. The molecule has 0 bridgehead atoms. The average molecular weight is 285 g/mol. The molecule has 0 saturated heterocycles. The quantitative estimate of drug-likeness (QED) is 0.777. The Balaban J connectivity index is 1.73. The summed E-state index contributed by atoms with van der Waals surface area (Å²) in [5.74, 6) is 1.69. The van der Waals surface area contributed by atoms with Gasteiger partial charge in [-0.15, -0.1) is 11.3 Å². The van der Waals surface area contributed by atoms with Gasteiger partial charge in [0.15, 0.2) is 0 Å². The third kappa shape index (κ3) is 2.73. The van der Waals surface area contributed by atoms with E-state index in [0.717, 1.165) is 10.6 Å². The zero-order chi connectivity index (χ0) is 13.8. The maximum Gasteiger partial charge on any atom is 0.232 e. The largest absolute Gasteiger partial charge is 0.467 e. The van der Waals surface area contributed by atoms with Crippen molar-refractivity contribution in [3.63, 3.8) is 0 Å². The number of oxazole rings is 1. The van der Waals surface area contributed by atoms with Crippen LogP contribution in [0.4, 0.5) is 5.88 Å². The molecule has 0 aromatic carbocycles. The third-order valence-electron chi connectivity index (χ3n) is 2.69. The predicted octanol–water partition coefficient (Wildman–Crippen LogP) is 3.40. The molecule has 0 aliphatic carbocycles. The molecule has 0 aliphatic rings. The fraction of sp³-hybridized carbons (Fsp3) is 0.143. The van der Waals surface area contributed by atoms with Gasteiger partial charge in [-0.2, -0.15) is 5.26 Å². The van der Waals surface area contributed by atoms with Crippen LogP contribution in [0.2, 0.25) is 0 Å². The van der Waals surface area contributed by atoms with Crippen LogP contribution in [0.15, 0.2) is 44.7 Å². The molecule has 0 saturated carbocycles. The van der Waals surface area contributed by atoms with Crippen LogP contribution >= 0.6 is 11.3 Å². The summed E-state index contributed by atoms with van der Waals surface area (Å²) in [6.07, 6.45) is 2.19. The molecular weight excluding hydrogens is 274 g/mol. The number of nitriles is 1. The van der Waals surface area contributed by atoms with Crippen molar-refractivity contribution in [2.24, 2.45) is 0 Å². The number of nitrogens with zero attached hydrogens (tertiary/aromatic N) is 2. The standard InChI is InChI=1S/C14H11N3O2S/c15-8-12-14(16-9-10-3-1-5-18-10)19-13(17-12)7-11-4-2-6-20-11/h1-6,16H,7,9H2. The first kappa shape index (κ1) is 12.5. The van der Waals surface area contributed by atoms with Gasteiger partial charge in [0.1, 0.15) is 11.8 Å².